The highest BCUT2D eigenvalue weighted by Crippen LogP contribution is 2.42. The van der Waals surface area contributed by atoms with Crippen molar-refractivity contribution in [3.8, 4) is 6.07 Å². The quantitative estimate of drug-likeness (QED) is 0.869. The van der Waals surface area contributed by atoms with Gasteiger partial charge in [0.25, 0.3) is 0 Å². The summed E-state index contributed by atoms with van der Waals surface area (Å²) in [5, 5.41) is 16.3. The average molecular weight is 231 g/mol. The molecule has 1 fully saturated rings. The van der Waals surface area contributed by atoms with Gasteiger partial charge in [-0.05, 0) is 37.7 Å². The van der Waals surface area contributed by atoms with E-state index < -0.39 is 0 Å². The fourth-order valence-electron chi connectivity index (χ4n) is 2.74. The van der Waals surface area contributed by atoms with Crippen LogP contribution in [0.4, 0.5) is 0 Å². The maximum absolute atomic E-state index is 9.17. The van der Waals surface area contributed by atoms with Gasteiger partial charge < -0.3 is 4.74 Å². The number of aromatic nitrogens is 2. The third kappa shape index (κ3) is 1.85. The minimum Gasteiger partial charge on any atom is -0.370 e. The largest absolute Gasteiger partial charge is 0.370 e. The molecule has 0 saturated heterocycles. The molecule has 0 bridgehead atoms. The Morgan fingerprint density at radius 3 is 3.12 bits per heavy atom. The number of aromatic amines is 1. The van der Waals surface area contributed by atoms with E-state index >= 15 is 0 Å². The van der Waals surface area contributed by atoms with Crippen molar-refractivity contribution in [2.75, 3.05) is 6.61 Å². The molecule has 2 aliphatic carbocycles. The van der Waals surface area contributed by atoms with Crippen LogP contribution in [0.3, 0.4) is 0 Å². The van der Waals surface area contributed by atoms with Gasteiger partial charge in [-0.3, -0.25) is 5.10 Å². The average Bonchev–Trinajstić information content (AvgIpc) is 2.77. The summed E-state index contributed by atoms with van der Waals surface area (Å²) in [5.41, 5.74) is 2.21. The van der Waals surface area contributed by atoms with Crippen molar-refractivity contribution in [3.63, 3.8) is 0 Å². The van der Waals surface area contributed by atoms with Gasteiger partial charge in [-0.15, -0.1) is 0 Å². The maximum Gasteiger partial charge on any atom is 0.0992 e. The Morgan fingerprint density at radius 1 is 1.53 bits per heavy atom. The molecule has 0 radical (unpaired) electrons. The molecule has 1 heterocycles. The molecule has 17 heavy (non-hydrogen) atoms. The predicted molar refractivity (Wildman–Crippen MR) is 62.1 cm³/mol. The van der Waals surface area contributed by atoms with Gasteiger partial charge in [-0.2, -0.15) is 10.4 Å². The van der Waals surface area contributed by atoms with Crippen LogP contribution < -0.4 is 0 Å². The summed E-state index contributed by atoms with van der Waals surface area (Å²) in [7, 11) is 0. The highest BCUT2D eigenvalue weighted by atomic mass is 16.5. The number of rotatable bonds is 3. The number of aryl methyl sites for hydroxylation is 1. The molecule has 3 rings (SSSR count). The SMILES string of the molecule is N#CC1(COC2CCCc3cn[nH]c32)CCC1. The Labute approximate surface area is 101 Å². The number of fused-ring (bicyclic) bond motifs is 1. The van der Waals surface area contributed by atoms with E-state index in [9.17, 15) is 5.26 Å². The van der Waals surface area contributed by atoms with Crippen LogP contribution >= 0.6 is 0 Å². The van der Waals surface area contributed by atoms with E-state index in [1.165, 1.54) is 5.56 Å². The second-order valence-corrected chi connectivity index (χ2v) is 5.25. The van der Waals surface area contributed by atoms with Crippen LogP contribution in [-0.4, -0.2) is 16.8 Å². The van der Waals surface area contributed by atoms with Crippen LogP contribution in [0.1, 0.15) is 49.5 Å². The molecule has 0 amide bonds. The lowest BCUT2D eigenvalue weighted by atomic mass is 9.70. The summed E-state index contributed by atoms with van der Waals surface area (Å²) in [5.74, 6) is 0. The molecule has 0 spiro atoms. The highest BCUT2D eigenvalue weighted by Gasteiger charge is 2.38. The first-order valence-electron chi connectivity index (χ1n) is 6.38. The third-order valence-electron chi connectivity index (χ3n) is 4.09. The van der Waals surface area contributed by atoms with E-state index in [4.69, 9.17) is 4.74 Å². The number of nitrogens with one attached hydrogen (secondary N) is 1. The van der Waals surface area contributed by atoms with E-state index in [0.29, 0.717) is 6.61 Å². The van der Waals surface area contributed by atoms with Crippen molar-refractivity contribution in [1.29, 1.82) is 5.26 Å². The molecular weight excluding hydrogens is 214 g/mol. The zero-order valence-electron chi connectivity index (χ0n) is 9.91. The lowest BCUT2D eigenvalue weighted by molar-refractivity contribution is -0.0274. The fraction of sp³-hybridized carbons (Fsp3) is 0.692. The van der Waals surface area contributed by atoms with Crippen molar-refractivity contribution in [3.05, 3.63) is 17.5 Å². The summed E-state index contributed by atoms with van der Waals surface area (Å²) in [6.07, 6.45) is 8.44. The summed E-state index contributed by atoms with van der Waals surface area (Å²) in [6.45, 7) is 0.576. The summed E-state index contributed by atoms with van der Waals surface area (Å²) >= 11 is 0. The van der Waals surface area contributed by atoms with Crippen molar-refractivity contribution in [2.24, 2.45) is 5.41 Å². The minimum atomic E-state index is -0.197. The Bertz CT molecular complexity index is 442. The number of nitrogens with zero attached hydrogens (tertiary/aromatic N) is 2. The van der Waals surface area contributed by atoms with Crippen LogP contribution in [0, 0.1) is 16.7 Å². The van der Waals surface area contributed by atoms with Gasteiger partial charge in [0.15, 0.2) is 0 Å². The van der Waals surface area contributed by atoms with Gasteiger partial charge >= 0.3 is 0 Å². The van der Waals surface area contributed by atoms with Crippen LogP contribution in [-0.2, 0) is 11.2 Å². The zero-order chi connectivity index (χ0) is 11.7. The second-order valence-electron chi connectivity index (χ2n) is 5.25. The predicted octanol–water partition coefficient (Wildman–Crippen LogP) is 2.50. The second kappa shape index (κ2) is 4.15. The van der Waals surface area contributed by atoms with E-state index in [1.54, 1.807) is 0 Å². The van der Waals surface area contributed by atoms with Crippen molar-refractivity contribution >= 4 is 0 Å². The molecular formula is C13H17N3O. The Hall–Kier alpha value is -1.34. The highest BCUT2D eigenvalue weighted by molar-refractivity contribution is 5.21. The molecule has 4 heteroatoms. The monoisotopic (exact) mass is 231 g/mol. The first-order chi connectivity index (χ1) is 8.33. The molecule has 1 N–H and O–H groups in total. The van der Waals surface area contributed by atoms with Gasteiger partial charge in [-0.25, -0.2) is 0 Å². The van der Waals surface area contributed by atoms with Crippen molar-refractivity contribution in [1.82, 2.24) is 10.2 Å². The smallest absolute Gasteiger partial charge is 0.0992 e. The van der Waals surface area contributed by atoms with E-state index in [2.05, 4.69) is 16.3 Å². The van der Waals surface area contributed by atoms with Crippen molar-refractivity contribution < 1.29 is 4.74 Å². The number of hydrogen-bond donors (Lipinski definition) is 1. The topological polar surface area (TPSA) is 61.7 Å². The van der Waals surface area contributed by atoms with Gasteiger partial charge in [-0.1, -0.05) is 6.42 Å². The van der Waals surface area contributed by atoms with E-state index in [0.717, 1.165) is 44.2 Å². The molecule has 90 valence electrons. The zero-order valence-corrected chi connectivity index (χ0v) is 9.91. The van der Waals surface area contributed by atoms with Crippen molar-refractivity contribution in [2.45, 2.75) is 44.6 Å². The number of hydrogen-bond acceptors (Lipinski definition) is 3. The van der Waals surface area contributed by atoms with Gasteiger partial charge in [0, 0.05) is 0 Å². The fourth-order valence-corrected chi connectivity index (χ4v) is 2.74. The first-order valence-corrected chi connectivity index (χ1v) is 6.38. The summed E-state index contributed by atoms with van der Waals surface area (Å²) in [6, 6.07) is 2.42. The molecule has 1 atom stereocenters. The molecule has 1 aromatic heterocycles. The third-order valence-corrected chi connectivity index (χ3v) is 4.09. The Kier molecular flexibility index (Phi) is 2.64. The molecule has 0 aromatic carbocycles. The molecule has 1 aromatic rings. The molecule has 2 aliphatic rings. The number of ether oxygens (including phenoxy) is 1. The molecule has 1 unspecified atom stereocenters. The molecule has 0 aliphatic heterocycles. The minimum absolute atomic E-state index is 0.118. The lowest BCUT2D eigenvalue weighted by Gasteiger charge is -2.36. The van der Waals surface area contributed by atoms with Crippen LogP contribution in [0.2, 0.25) is 0 Å². The van der Waals surface area contributed by atoms with Gasteiger partial charge in [0.2, 0.25) is 0 Å². The number of H-pyrrole nitrogens is 1. The first kappa shape index (κ1) is 10.8. The maximum atomic E-state index is 9.17. The van der Waals surface area contributed by atoms with E-state index in [-0.39, 0.29) is 11.5 Å². The Balaban J connectivity index is 1.66. The van der Waals surface area contributed by atoms with Crippen LogP contribution in [0.5, 0.6) is 0 Å². The summed E-state index contributed by atoms with van der Waals surface area (Å²) in [4.78, 5) is 0. The van der Waals surface area contributed by atoms with Crippen LogP contribution in [0.15, 0.2) is 6.20 Å². The van der Waals surface area contributed by atoms with Crippen LogP contribution in [0.25, 0.3) is 0 Å². The molecule has 1 saturated carbocycles. The van der Waals surface area contributed by atoms with Gasteiger partial charge in [0.05, 0.1) is 36.1 Å². The Morgan fingerprint density at radius 2 is 2.41 bits per heavy atom. The molecule has 4 nitrogen and oxygen atoms in total. The lowest BCUT2D eigenvalue weighted by Crippen LogP contribution is -2.33. The van der Waals surface area contributed by atoms with Gasteiger partial charge in [0.1, 0.15) is 0 Å². The normalized spacial score (nSPS) is 25.7. The summed E-state index contributed by atoms with van der Waals surface area (Å²) < 4.78 is 5.97. The standard InChI is InChI=1S/C13H17N3O/c14-8-13(5-2-6-13)9-17-11-4-1-3-10-7-15-16-12(10)11/h7,11H,1-6,9H2,(H,15,16). The number of nitriles is 1. The van der Waals surface area contributed by atoms with E-state index in [1.807, 2.05) is 6.20 Å².